The van der Waals surface area contributed by atoms with E-state index in [1.807, 2.05) is 24.7 Å². The molecule has 1 aromatic heterocycles. The monoisotopic (exact) mass is 181 g/mol. The lowest BCUT2D eigenvalue weighted by Crippen LogP contribution is -2.18. The fourth-order valence-electron chi connectivity index (χ4n) is 1.83. The number of aromatic nitrogens is 2. The average molecular weight is 181 g/mol. The largest absolute Gasteiger partial charge is 0.391 e. The maximum atomic E-state index is 9.67. The molecule has 2 atom stereocenters. The summed E-state index contributed by atoms with van der Waals surface area (Å²) in [5, 5.41) is 12.8. The Morgan fingerprint density at radius 3 is 2.85 bits per heavy atom. The Hall–Kier alpha value is -0.870. The summed E-state index contributed by atoms with van der Waals surface area (Å²) in [6, 6.07) is 0. The van der Waals surface area contributed by atoms with Gasteiger partial charge in [0.2, 0.25) is 0 Å². The number of hydrogen-bond acceptors (Lipinski definition) is 3. The van der Waals surface area contributed by atoms with E-state index in [1.54, 1.807) is 0 Å². The molecule has 1 saturated heterocycles. The predicted molar refractivity (Wildman–Crippen MR) is 49.6 cm³/mol. The zero-order chi connectivity index (χ0) is 9.42. The molecule has 1 aliphatic heterocycles. The Kier molecular flexibility index (Phi) is 2.09. The third-order valence-corrected chi connectivity index (χ3v) is 2.82. The molecule has 1 fully saturated rings. The summed E-state index contributed by atoms with van der Waals surface area (Å²) in [5.41, 5.74) is 1.12. The van der Waals surface area contributed by atoms with Crippen LogP contribution < -0.4 is 5.32 Å². The van der Waals surface area contributed by atoms with Crippen LogP contribution in [-0.4, -0.2) is 33.9 Å². The van der Waals surface area contributed by atoms with Crippen LogP contribution in [0.1, 0.15) is 17.4 Å². The maximum absolute atomic E-state index is 9.67. The molecule has 2 rings (SSSR count). The van der Waals surface area contributed by atoms with Crippen LogP contribution in [0.15, 0.2) is 6.20 Å². The normalized spacial score (nSPS) is 28.2. The summed E-state index contributed by atoms with van der Waals surface area (Å²) in [4.78, 5) is 4.22. The maximum Gasteiger partial charge on any atom is 0.105 e. The number of β-amino-alcohol motifs (C(OH)–C–C–N with tert-alkyl or cyclic N) is 1. The van der Waals surface area contributed by atoms with Crippen LogP contribution in [0, 0.1) is 6.92 Å². The zero-order valence-electron chi connectivity index (χ0n) is 7.99. The van der Waals surface area contributed by atoms with Crippen molar-refractivity contribution in [2.45, 2.75) is 18.9 Å². The molecule has 1 aromatic rings. The van der Waals surface area contributed by atoms with Gasteiger partial charge in [-0.05, 0) is 6.92 Å². The van der Waals surface area contributed by atoms with Crippen LogP contribution in [0.25, 0.3) is 0 Å². The standard InChI is InChI=1S/C9H15N3O/c1-6-11-4-8(12(6)2)7-3-10-5-9(7)13/h4,7,9-10,13H,3,5H2,1-2H3/t7-,9+/m0/s1. The molecule has 2 heterocycles. The number of nitrogens with zero attached hydrogens (tertiary/aromatic N) is 2. The van der Waals surface area contributed by atoms with Crippen molar-refractivity contribution in [3.05, 3.63) is 17.7 Å². The molecule has 4 heteroatoms. The van der Waals surface area contributed by atoms with E-state index < -0.39 is 0 Å². The Balaban J connectivity index is 2.29. The first-order valence-electron chi connectivity index (χ1n) is 4.57. The van der Waals surface area contributed by atoms with E-state index >= 15 is 0 Å². The van der Waals surface area contributed by atoms with Crippen molar-refractivity contribution in [2.24, 2.45) is 7.05 Å². The lowest BCUT2D eigenvalue weighted by molar-refractivity contribution is 0.175. The number of hydrogen-bond donors (Lipinski definition) is 2. The van der Waals surface area contributed by atoms with Gasteiger partial charge in [0, 0.05) is 37.9 Å². The van der Waals surface area contributed by atoms with E-state index in [1.165, 1.54) is 0 Å². The van der Waals surface area contributed by atoms with E-state index in [9.17, 15) is 5.11 Å². The highest BCUT2D eigenvalue weighted by molar-refractivity contribution is 5.14. The summed E-state index contributed by atoms with van der Waals surface area (Å²) in [7, 11) is 1.99. The molecule has 0 spiro atoms. The van der Waals surface area contributed by atoms with Gasteiger partial charge in [-0.1, -0.05) is 0 Å². The van der Waals surface area contributed by atoms with E-state index in [0.717, 1.165) is 18.1 Å². The molecule has 0 aromatic carbocycles. The SMILES string of the molecule is Cc1ncc([C@@H]2CNC[C@H]2O)n1C. The van der Waals surface area contributed by atoms with Gasteiger partial charge in [0.05, 0.1) is 6.10 Å². The molecule has 0 unspecified atom stereocenters. The summed E-state index contributed by atoms with van der Waals surface area (Å²) < 4.78 is 2.04. The Labute approximate surface area is 77.6 Å². The van der Waals surface area contributed by atoms with Crippen molar-refractivity contribution in [3.8, 4) is 0 Å². The lowest BCUT2D eigenvalue weighted by Gasteiger charge is -2.13. The van der Waals surface area contributed by atoms with Gasteiger partial charge in [0.25, 0.3) is 0 Å². The van der Waals surface area contributed by atoms with Crippen LogP contribution >= 0.6 is 0 Å². The molecular formula is C9H15N3O. The number of imidazole rings is 1. The number of nitrogens with one attached hydrogen (secondary N) is 1. The molecule has 2 N–H and O–H groups in total. The minimum absolute atomic E-state index is 0.200. The fourth-order valence-corrected chi connectivity index (χ4v) is 1.83. The third-order valence-electron chi connectivity index (χ3n) is 2.82. The number of aliphatic hydroxyl groups is 1. The van der Waals surface area contributed by atoms with Gasteiger partial charge in [-0.25, -0.2) is 4.98 Å². The van der Waals surface area contributed by atoms with Crippen molar-refractivity contribution in [2.75, 3.05) is 13.1 Å². The number of aryl methyl sites for hydroxylation is 1. The van der Waals surface area contributed by atoms with Crippen molar-refractivity contribution < 1.29 is 5.11 Å². The molecule has 0 radical (unpaired) electrons. The molecular weight excluding hydrogens is 166 g/mol. The average Bonchev–Trinajstić information content (AvgIpc) is 2.62. The summed E-state index contributed by atoms with van der Waals surface area (Å²) >= 11 is 0. The highest BCUT2D eigenvalue weighted by Crippen LogP contribution is 2.22. The fraction of sp³-hybridized carbons (Fsp3) is 0.667. The molecule has 4 nitrogen and oxygen atoms in total. The molecule has 0 bridgehead atoms. The van der Waals surface area contributed by atoms with Crippen molar-refractivity contribution >= 4 is 0 Å². The first kappa shape index (κ1) is 8.72. The molecule has 13 heavy (non-hydrogen) atoms. The first-order chi connectivity index (χ1) is 6.20. The quantitative estimate of drug-likeness (QED) is 0.629. The third kappa shape index (κ3) is 1.36. The highest BCUT2D eigenvalue weighted by Gasteiger charge is 2.28. The van der Waals surface area contributed by atoms with Crippen LogP contribution in [0.3, 0.4) is 0 Å². The highest BCUT2D eigenvalue weighted by atomic mass is 16.3. The van der Waals surface area contributed by atoms with E-state index in [2.05, 4.69) is 10.3 Å². The van der Waals surface area contributed by atoms with Crippen LogP contribution in [0.2, 0.25) is 0 Å². The Bertz CT molecular complexity index is 308. The summed E-state index contributed by atoms with van der Waals surface area (Å²) in [6.45, 7) is 3.51. The lowest BCUT2D eigenvalue weighted by atomic mass is 10.0. The van der Waals surface area contributed by atoms with Gasteiger partial charge in [-0.15, -0.1) is 0 Å². The van der Waals surface area contributed by atoms with Crippen molar-refractivity contribution in [3.63, 3.8) is 0 Å². The van der Waals surface area contributed by atoms with Crippen LogP contribution in [-0.2, 0) is 7.05 Å². The van der Waals surface area contributed by atoms with Gasteiger partial charge >= 0.3 is 0 Å². The molecule has 0 aliphatic carbocycles. The second-order valence-electron chi connectivity index (χ2n) is 3.62. The van der Waals surface area contributed by atoms with E-state index in [4.69, 9.17) is 0 Å². The van der Waals surface area contributed by atoms with Gasteiger partial charge < -0.3 is 15.0 Å². The second-order valence-corrected chi connectivity index (χ2v) is 3.62. The van der Waals surface area contributed by atoms with Crippen molar-refractivity contribution in [1.82, 2.24) is 14.9 Å². The minimum atomic E-state index is -0.269. The van der Waals surface area contributed by atoms with Crippen molar-refractivity contribution in [1.29, 1.82) is 0 Å². The number of rotatable bonds is 1. The van der Waals surface area contributed by atoms with Gasteiger partial charge in [-0.3, -0.25) is 0 Å². The van der Waals surface area contributed by atoms with E-state index in [0.29, 0.717) is 6.54 Å². The smallest absolute Gasteiger partial charge is 0.105 e. The molecule has 0 saturated carbocycles. The van der Waals surface area contributed by atoms with Gasteiger partial charge in [0.1, 0.15) is 5.82 Å². The van der Waals surface area contributed by atoms with E-state index in [-0.39, 0.29) is 12.0 Å². The topological polar surface area (TPSA) is 50.1 Å². The summed E-state index contributed by atoms with van der Waals surface area (Å²) in [5.74, 6) is 1.19. The number of aliphatic hydroxyl groups excluding tert-OH is 1. The van der Waals surface area contributed by atoms with Crippen LogP contribution in [0.5, 0.6) is 0 Å². The Morgan fingerprint density at radius 1 is 1.62 bits per heavy atom. The van der Waals surface area contributed by atoms with Gasteiger partial charge in [0.15, 0.2) is 0 Å². The minimum Gasteiger partial charge on any atom is -0.391 e. The predicted octanol–water partition coefficient (Wildman–Crippen LogP) is -0.224. The van der Waals surface area contributed by atoms with Gasteiger partial charge in [-0.2, -0.15) is 0 Å². The Morgan fingerprint density at radius 2 is 2.38 bits per heavy atom. The summed E-state index contributed by atoms with van der Waals surface area (Å²) in [6.07, 6.45) is 1.59. The molecule has 72 valence electrons. The molecule has 1 aliphatic rings. The van der Waals surface area contributed by atoms with Crippen LogP contribution in [0.4, 0.5) is 0 Å². The molecule has 0 amide bonds. The first-order valence-corrected chi connectivity index (χ1v) is 4.57. The second kappa shape index (κ2) is 3.12. The zero-order valence-corrected chi connectivity index (χ0v) is 7.99.